The molecule has 3 aromatic rings. The quantitative estimate of drug-likeness (QED) is 0.724. The van der Waals surface area contributed by atoms with Crippen LogP contribution in [0.25, 0.3) is 22.7 Å². The molecule has 0 saturated carbocycles. The molecule has 1 aromatic carbocycles. The van der Waals surface area contributed by atoms with Gasteiger partial charge < -0.3 is 10.7 Å². The summed E-state index contributed by atoms with van der Waals surface area (Å²) < 4.78 is 0. The minimum absolute atomic E-state index is 0.336. The zero-order valence-corrected chi connectivity index (χ0v) is 11.6. The van der Waals surface area contributed by atoms with Crippen LogP contribution >= 0.6 is 0 Å². The van der Waals surface area contributed by atoms with E-state index in [9.17, 15) is 4.79 Å². The van der Waals surface area contributed by atoms with Crippen molar-refractivity contribution in [3.63, 3.8) is 0 Å². The summed E-state index contributed by atoms with van der Waals surface area (Å²) in [5.41, 5.74) is 8.41. The van der Waals surface area contributed by atoms with Gasteiger partial charge in [0.05, 0.1) is 0 Å². The largest absolute Gasteiger partial charge is 0.366 e. The van der Waals surface area contributed by atoms with Crippen molar-refractivity contribution in [1.82, 2.24) is 9.97 Å². The number of pyridine rings is 1. The van der Waals surface area contributed by atoms with Gasteiger partial charge in [0, 0.05) is 22.7 Å². The average molecular weight is 288 g/mol. The minimum atomic E-state index is -0.498. The van der Waals surface area contributed by atoms with Gasteiger partial charge in [-0.15, -0.1) is 0 Å². The van der Waals surface area contributed by atoms with Crippen LogP contribution in [0.15, 0.2) is 48.7 Å². The van der Waals surface area contributed by atoms with Crippen molar-refractivity contribution in [3.05, 3.63) is 65.5 Å². The fourth-order valence-electron chi connectivity index (χ4n) is 2.28. The lowest BCUT2D eigenvalue weighted by molar-refractivity contribution is -0.112. The molecule has 106 valence electrons. The van der Waals surface area contributed by atoms with Crippen LogP contribution in [0.1, 0.15) is 16.8 Å². The Morgan fingerprint density at radius 2 is 2.00 bits per heavy atom. The van der Waals surface area contributed by atoms with Crippen molar-refractivity contribution in [2.24, 2.45) is 5.73 Å². The molecule has 0 aliphatic carbocycles. The second-order valence-electron chi connectivity index (χ2n) is 4.74. The van der Waals surface area contributed by atoms with E-state index in [2.05, 4.69) is 9.97 Å². The van der Waals surface area contributed by atoms with Crippen molar-refractivity contribution in [2.45, 2.75) is 0 Å². The number of carbonyl (C=O) groups is 1. The Hall–Kier alpha value is -3.39. The smallest absolute Gasteiger partial charge is 0.249 e. The van der Waals surface area contributed by atoms with E-state index in [0.717, 1.165) is 16.5 Å². The van der Waals surface area contributed by atoms with Crippen molar-refractivity contribution in [3.8, 4) is 6.07 Å². The normalized spacial score (nSPS) is 11.3. The monoisotopic (exact) mass is 288 g/mol. The molecule has 0 aliphatic heterocycles. The number of nitrogens with zero attached hydrogens (tertiary/aromatic N) is 2. The van der Waals surface area contributed by atoms with Gasteiger partial charge in [0.15, 0.2) is 0 Å². The lowest BCUT2D eigenvalue weighted by Crippen LogP contribution is -2.12. The third kappa shape index (κ3) is 2.45. The maximum absolute atomic E-state index is 11.7. The summed E-state index contributed by atoms with van der Waals surface area (Å²) in [6.45, 7) is 0. The van der Waals surface area contributed by atoms with E-state index in [0.29, 0.717) is 16.9 Å². The third-order valence-corrected chi connectivity index (χ3v) is 3.34. The van der Waals surface area contributed by atoms with Gasteiger partial charge in [-0.3, -0.25) is 4.79 Å². The SMILES string of the molecule is N#Cc1ccc2c(/C=C(/C(N)=O)c3ccccc3)c[nH]c2n1. The minimum Gasteiger partial charge on any atom is -0.366 e. The predicted octanol–water partition coefficient (Wildman–Crippen LogP) is 2.46. The number of hydrogen-bond donors (Lipinski definition) is 2. The predicted molar refractivity (Wildman–Crippen MR) is 84.3 cm³/mol. The first-order valence-electron chi connectivity index (χ1n) is 6.64. The second-order valence-corrected chi connectivity index (χ2v) is 4.74. The van der Waals surface area contributed by atoms with Crippen LogP contribution in [-0.2, 0) is 4.79 Å². The number of benzene rings is 1. The molecule has 3 rings (SSSR count). The van der Waals surface area contributed by atoms with Crippen LogP contribution in [0, 0.1) is 11.3 Å². The number of primary amides is 1. The summed E-state index contributed by atoms with van der Waals surface area (Å²) in [7, 11) is 0. The molecule has 2 aromatic heterocycles. The molecule has 0 aliphatic rings. The van der Waals surface area contributed by atoms with E-state index in [1.54, 1.807) is 24.4 Å². The molecule has 0 spiro atoms. The van der Waals surface area contributed by atoms with Crippen LogP contribution < -0.4 is 5.73 Å². The second kappa shape index (κ2) is 5.54. The Bertz CT molecular complexity index is 917. The van der Waals surface area contributed by atoms with Crippen molar-refractivity contribution in [1.29, 1.82) is 5.26 Å². The van der Waals surface area contributed by atoms with Gasteiger partial charge in [-0.1, -0.05) is 30.3 Å². The number of aromatic amines is 1. The van der Waals surface area contributed by atoms with Gasteiger partial charge in [-0.05, 0) is 23.8 Å². The molecule has 1 amide bonds. The van der Waals surface area contributed by atoms with Gasteiger partial charge in [-0.25, -0.2) is 4.98 Å². The molecular weight excluding hydrogens is 276 g/mol. The Morgan fingerprint density at radius 3 is 2.68 bits per heavy atom. The van der Waals surface area contributed by atoms with Gasteiger partial charge in [-0.2, -0.15) is 5.26 Å². The molecule has 0 atom stereocenters. The summed E-state index contributed by atoms with van der Waals surface area (Å²) in [5.74, 6) is -0.498. The number of nitriles is 1. The molecule has 3 N–H and O–H groups in total. The fraction of sp³-hybridized carbons (Fsp3) is 0. The highest BCUT2D eigenvalue weighted by Crippen LogP contribution is 2.23. The standard InChI is InChI=1S/C17H12N4O/c18-9-13-6-7-14-12(10-20-17(14)21-13)8-15(16(19)22)11-4-2-1-3-5-11/h1-8,10H,(H2,19,22)(H,20,21)/b15-8+. The van der Waals surface area contributed by atoms with E-state index >= 15 is 0 Å². The maximum atomic E-state index is 11.7. The third-order valence-electron chi connectivity index (χ3n) is 3.34. The van der Waals surface area contributed by atoms with Crippen LogP contribution in [0.2, 0.25) is 0 Å². The first kappa shape index (κ1) is 13.6. The molecule has 0 unspecified atom stereocenters. The summed E-state index contributed by atoms with van der Waals surface area (Å²) in [6, 6.07) is 14.7. The Labute approximate surface area is 126 Å². The number of fused-ring (bicyclic) bond motifs is 1. The number of nitrogens with one attached hydrogen (secondary N) is 1. The van der Waals surface area contributed by atoms with E-state index in [4.69, 9.17) is 11.0 Å². The molecule has 0 bridgehead atoms. The zero-order valence-electron chi connectivity index (χ0n) is 11.6. The van der Waals surface area contributed by atoms with Crippen molar-refractivity contribution in [2.75, 3.05) is 0 Å². The number of hydrogen-bond acceptors (Lipinski definition) is 3. The molecule has 0 saturated heterocycles. The summed E-state index contributed by atoms with van der Waals surface area (Å²) in [6.07, 6.45) is 3.47. The number of carbonyl (C=O) groups excluding carboxylic acids is 1. The first-order valence-corrected chi connectivity index (χ1v) is 6.64. The van der Waals surface area contributed by atoms with Gasteiger partial charge in [0.1, 0.15) is 17.4 Å². The zero-order chi connectivity index (χ0) is 15.5. The fourth-order valence-corrected chi connectivity index (χ4v) is 2.28. The van der Waals surface area contributed by atoms with Gasteiger partial charge >= 0.3 is 0 Å². The molecule has 5 nitrogen and oxygen atoms in total. The van der Waals surface area contributed by atoms with Crippen molar-refractivity contribution < 1.29 is 4.79 Å². The summed E-state index contributed by atoms with van der Waals surface area (Å²) in [4.78, 5) is 18.9. The average Bonchev–Trinajstić information content (AvgIpc) is 2.95. The lowest BCUT2D eigenvalue weighted by Gasteiger charge is -2.03. The van der Waals surface area contributed by atoms with Crippen LogP contribution in [-0.4, -0.2) is 15.9 Å². The highest BCUT2D eigenvalue weighted by molar-refractivity contribution is 6.24. The molecule has 0 radical (unpaired) electrons. The first-order chi connectivity index (χ1) is 10.7. The summed E-state index contributed by atoms with van der Waals surface area (Å²) in [5, 5.41) is 9.70. The lowest BCUT2D eigenvalue weighted by atomic mass is 10.0. The van der Waals surface area contributed by atoms with Gasteiger partial charge in [0.2, 0.25) is 5.91 Å². The Balaban J connectivity index is 2.14. The maximum Gasteiger partial charge on any atom is 0.249 e. The number of nitrogens with two attached hydrogens (primary N) is 1. The molecule has 5 heteroatoms. The van der Waals surface area contributed by atoms with E-state index in [-0.39, 0.29) is 0 Å². The Kier molecular flexibility index (Phi) is 3.42. The number of H-pyrrole nitrogens is 1. The Morgan fingerprint density at radius 1 is 1.23 bits per heavy atom. The molecule has 2 heterocycles. The van der Waals surface area contributed by atoms with E-state index in [1.165, 1.54) is 0 Å². The molecular formula is C17H12N4O. The van der Waals surface area contributed by atoms with Crippen molar-refractivity contribution >= 4 is 28.6 Å². The van der Waals surface area contributed by atoms with Crippen LogP contribution in [0.4, 0.5) is 0 Å². The molecule has 0 fully saturated rings. The van der Waals surface area contributed by atoms with Crippen LogP contribution in [0.3, 0.4) is 0 Å². The molecule has 22 heavy (non-hydrogen) atoms. The van der Waals surface area contributed by atoms with E-state index in [1.807, 2.05) is 36.4 Å². The number of aromatic nitrogens is 2. The number of rotatable bonds is 3. The highest BCUT2D eigenvalue weighted by atomic mass is 16.1. The van der Waals surface area contributed by atoms with E-state index < -0.39 is 5.91 Å². The highest BCUT2D eigenvalue weighted by Gasteiger charge is 2.10. The summed E-state index contributed by atoms with van der Waals surface area (Å²) >= 11 is 0. The topological polar surface area (TPSA) is 95.6 Å². The van der Waals surface area contributed by atoms with Crippen LogP contribution in [0.5, 0.6) is 0 Å². The van der Waals surface area contributed by atoms with Gasteiger partial charge in [0.25, 0.3) is 0 Å². The number of amides is 1.